The Morgan fingerprint density at radius 1 is 1.50 bits per heavy atom. The predicted molar refractivity (Wildman–Crippen MR) is 66.6 cm³/mol. The molecule has 0 aromatic carbocycles. The summed E-state index contributed by atoms with van der Waals surface area (Å²) in [6, 6.07) is 0. The number of piperidine rings is 1. The normalized spacial score (nSPS) is 24.6. The third kappa shape index (κ3) is 5.83. The molecule has 1 fully saturated rings. The number of nitrogens with zero attached hydrogens (tertiary/aromatic N) is 1. The fourth-order valence-electron chi connectivity index (χ4n) is 2.27. The van der Waals surface area contributed by atoms with Crippen LogP contribution in [0.25, 0.3) is 0 Å². The van der Waals surface area contributed by atoms with Gasteiger partial charge in [0.25, 0.3) is 0 Å². The second-order valence-electron chi connectivity index (χ2n) is 5.09. The largest absolute Gasteiger partial charge is 0.389 e. The van der Waals surface area contributed by atoms with Crippen molar-refractivity contribution in [1.82, 2.24) is 4.90 Å². The number of aliphatic hydroxyl groups excluding tert-OH is 1. The summed E-state index contributed by atoms with van der Waals surface area (Å²) in [6.45, 7) is 8.75. The minimum Gasteiger partial charge on any atom is -0.389 e. The molecule has 3 nitrogen and oxygen atoms in total. The number of likely N-dealkylation sites (tertiary alicyclic amines) is 1. The average Bonchev–Trinajstić information content (AvgIpc) is 2.24. The minimum atomic E-state index is -0.317. The van der Waals surface area contributed by atoms with Gasteiger partial charge in [0.2, 0.25) is 0 Å². The van der Waals surface area contributed by atoms with Gasteiger partial charge in [-0.3, -0.25) is 0 Å². The van der Waals surface area contributed by atoms with Crippen LogP contribution in [0.5, 0.6) is 0 Å². The summed E-state index contributed by atoms with van der Waals surface area (Å²) >= 11 is 0. The molecule has 1 saturated heterocycles. The van der Waals surface area contributed by atoms with E-state index in [-0.39, 0.29) is 6.10 Å². The lowest BCUT2D eigenvalue weighted by Gasteiger charge is -2.32. The highest BCUT2D eigenvalue weighted by Gasteiger charge is 2.18. The van der Waals surface area contributed by atoms with Crippen molar-refractivity contribution in [3.05, 3.63) is 0 Å². The van der Waals surface area contributed by atoms with Gasteiger partial charge in [-0.15, -0.1) is 0 Å². The molecule has 0 spiro atoms. The lowest BCUT2D eigenvalue weighted by molar-refractivity contribution is 0.00914. The fourth-order valence-corrected chi connectivity index (χ4v) is 2.27. The Kier molecular flexibility index (Phi) is 7.01. The SMILES string of the molecule is CCCCOCC(O)CN1CCCC(C)C1. The van der Waals surface area contributed by atoms with E-state index in [4.69, 9.17) is 4.74 Å². The van der Waals surface area contributed by atoms with Crippen LogP contribution >= 0.6 is 0 Å². The van der Waals surface area contributed by atoms with Crippen molar-refractivity contribution in [3.63, 3.8) is 0 Å². The zero-order chi connectivity index (χ0) is 11.8. The van der Waals surface area contributed by atoms with Gasteiger partial charge in [0.05, 0.1) is 12.7 Å². The number of β-amino-alcohol motifs (C(OH)–C–C–N with tert-alkyl or cyclic N) is 1. The summed E-state index contributed by atoms with van der Waals surface area (Å²) in [5.74, 6) is 0.780. The number of rotatable bonds is 7. The van der Waals surface area contributed by atoms with Gasteiger partial charge in [0, 0.05) is 19.7 Å². The molecule has 96 valence electrons. The molecule has 1 N–H and O–H groups in total. The highest BCUT2D eigenvalue weighted by Crippen LogP contribution is 2.15. The van der Waals surface area contributed by atoms with Gasteiger partial charge in [-0.05, 0) is 31.7 Å². The minimum absolute atomic E-state index is 0.317. The molecule has 16 heavy (non-hydrogen) atoms. The lowest BCUT2D eigenvalue weighted by atomic mass is 10.0. The van der Waals surface area contributed by atoms with E-state index in [9.17, 15) is 5.11 Å². The summed E-state index contributed by atoms with van der Waals surface area (Å²) in [4.78, 5) is 2.36. The van der Waals surface area contributed by atoms with E-state index in [2.05, 4.69) is 18.7 Å². The maximum absolute atomic E-state index is 9.82. The number of unbranched alkanes of at least 4 members (excludes halogenated alkanes) is 1. The molecule has 1 rings (SSSR count). The quantitative estimate of drug-likeness (QED) is 0.677. The van der Waals surface area contributed by atoms with E-state index < -0.39 is 0 Å². The van der Waals surface area contributed by atoms with Crippen LogP contribution in [-0.4, -0.2) is 49.0 Å². The van der Waals surface area contributed by atoms with Crippen molar-refractivity contribution < 1.29 is 9.84 Å². The first-order valence-corrected chi connectivity index (χ1v) is 6.70. The Labute approximate surface area is 99.8 Å². The molecule has 0 amide bonds. The van der Waals surface area contributed by atoms with Crippen molar-refractivity contribution >= 4 is 0 Å². The van der Waals surface area contributed by atoms with Gasteiger partial charge in [-0.1, -0.05) is 20.3 Å². The molecular weight excluding hydrogens is 202 g/mol. The lowest BCUT2D eigenvalue weighted by Crippen LogP contribution is -2.40. The molecule has 1 heterocycles. The number of hydrogen-bond acceptors (Lipinski definition) is 3. The third-order valence-electron chi connectivity index (χ3n) is 3.16. The highest BCUT2D eigenvalue weighted by molar-refractivity contribution is 4.72. The van der Waals surface area contributed by atoms with Crippen LogP contribution in [0.15, 0.2) is 0 Å². The smallest absolute Gasteiger partial charge is 0.0900 e. The standard InChI is InChI=1S/C13H27NO2/c1-3-4-8-16-11-13(15)10-14-7-5-6-12(2)9-14/h12-13,15H,3-11H2,1-2H3. The average molecular weight is 229 g/mol. The highest BCUT2D eigenvalue weighted by atomic mass is 16.5. The van der Waals surface area contributed by atoms with Crippen LogP contribution in [0, 0.1) is 5.92 Å². The van der Waals surface area contributed by atoms with Crippen molar-refractivity contribution in [2.24, 2.45) is 5.92 Å². The molecule has 2 unspecified atom stereocenters. The van der Waals surface area contributed by atoms with E-state index >= 15 is 0 Å². The first-order chi connectivity index (χ1) is 7.72. The van der Waals surface area contributed by atoms with E-state index in [1.54, 1.807) is 0 Å². The molecular formula is C13H27NO2. The molecule has 0 aromatic rings. The van der Waals surface area contributed by atoms with Gasteiger partial charge in [-0.25, -0.2) is 0 Å². The zero-order valence-electron chi connectivity index (χ0n) is 10.8. The summed E-state index contributed by atoms with van der Waals surface area (Å²) in [5.41, 5.74) is 0. The second kappa shape index (κ2) is 8.04. The van der Waals surface area contributed by atoms with E-state index in [1.165, 1.54) is 12.8 Å². The predicted octanol–water partition coefficient (Wildman–Crippen LogP) is 1.90. The Morgan fingerprint density at radius 3 is 3.00 bits per heavy atom. The first-order valence-electron chi connectivity index (χ1n) is 6.70. The van der Waals surface area contributed by atoms with E-state index in [0.29, 0.717) is 6.61 Å². The first kappa shape index (κ1) is 13.9. The van der Waals surface area contributed by atoms with E-state index in [1.807, 2.05) is 0 Å². The second-order valence-corrected chi connectivity index (χ2v) is 5.09. The monoisotopic (exact) mass is 229 g/mol. The molecule has 3 heteroatoms. The Balaban J connectivity index is 2.06. The summed E-state index contributed by atoms with van der Waals surface area (Å²) < 4.78 is 5.43. The Morgan fingerprint density at radius 2 is 2.31 bits per heavy atom. The molecule has 1 aliphatic heterocycles. The molecule has 0 aromatic heterocycles. The maximum Gasteiger partial charge on any atom is 0.0900 e. The molecule has 0 saturated carbocycles. The van der Waals surface area contributed by atoms with E-state index in [0.717, 1.165) is 45.0 Å². The van der Waals surface area contributed by atoms with Gasteiger partial charge >= 0.3 is 0 Å². The Bertz CT molecular complexity index is 175. The van der Waals surface area contributed by atoms with Gasteiger partial charge in [0.15, 0.2) is 0 Å². The summed E-state index contributed by atoms with van der Waals surface area (Å²) in [7, 11) is 0. The van der Waals surface area contributed by atoms with Crippen molar-refractivity contribution in [1.29, 1.82) is 0 Å². The van der Waals surface area contributed by atoms with Gasteiger partial charge in [0.1, 0.15) is 0 Å². The van der Waals surface area contributed by atoms with Crippen LogP contribution in [-0.2, 0) is 4.74 Å². The van der Waals surface area contributed by atoms with Crippen LogP contribution in [0.4, 0.5) is 0 Å². The van der Waals surface area contributed by atoms with Crippen LogP contribution in [0.2, 0.25) is 0 Å². The fraction of sp³-hybridized carbons (Fsp3) is 1.00. The molecule has 2 atom stereocenters. The van der Waals surface area contributed by atoms with Crippen molar-refractivity contribution in [2.45, 2.75) is 45.6 Å². The maximum atomic E-state index is 9.82. The van der Waals surface area contributed by atoms with Crippen LogP contribution in [0.1, 0.15) is 39.5 Å². The number of hydrogen-bond donors (Lipinski definition) is 1. The summed E-state index contributed by atoms with van der Waals surface area (Å²) in [6.07, 6.45) is 4.53. The van der Waals surface area contributed by atoms with Crippen LogP contribution in [0.3, 0.4) is 0 Å². The topological polar surface area (TPSA) is 32.7 Å². The summed E-state index contributed by atoms with van der Waals surface area (Å²) in [5, 5.41) is 9.82. The molecule has 0 aliphatic carbocycles. The molecule has 0 radical (unpaired) electrons. The number of ether oxygens (including phenoxy) is 1. The molecule has 0 bridgehead atoms. The molecule has 1 aliphatic rings. The van der Waals surface area contributed by atoms with Gasteiger partial charge in [-0.2, -0.15) is 0 Å². The van der Waals surface area contributed by atoms with Gasteiger partial charge < -0.3 is 14.7 Å². The number of aliphatic hydroxyl groups is 1. The van der Waals surface area contributed by atoms with Crippen LogP contribution < -0.4 is 0 Å². The van der Waals surface area contributed by atoms with Crippen molar-refractivity contribution in [3.8, 4) is 0 Å². The zero-order valence-corrected chi connectivity index (χ0v) is 10.8. The Hall–Kier alpha value is -0.120. The third-order valence-corrected chi connectivity index (χ3v) is 3.16. The van der Waals surface area contributed by atoms with Crippen molar-refractivity contribution in [2.75, 3.05) is 32.8 Å².